The molecule has 6 heteroatoms. The van der Waals surface area contributed by atoms with E-state index < -0.39 is 0 Å². The molecule has 0 saturated heterocycles. The lowest BCUT2D eigenvalue weighted by atomic mass is 9.71. The molecule has 0 unspecified atom stereocenters. The number of aryl methyl sites for hydroxylation is 1. The first-order valence-corrected chi connectivity index (χ1v) is 13.1. The van der Waals surface area contributed by atoms with Crippen LogP contribution in [0.3, 0.4) is 0 Å². The highest BCUT2D eigenvalue weighted by molar-refractivity contribution is 7.98. The third-order valence-electron chi connectivity index (χ3n) is 6.00. The number of nitrogens with zero attached hydrogens (tertiary/aromatic N) is 2. The van der Waals surface area contributed by atoms with E-state index in [1.807, 2.05) is 30.3 Å². The van der Waals surface area contributed by atoms with Gasteiger partial charge in [-0.15, -0.1) is 0 Å². The molecule has 0 amide bonds. The van der Waals surface area contributed by atoms with Gasteiger partial charge in [-0.2, -0.15) is 28.8 Å². The van der Waals surface area contributed by atoms with E-state index in [1.54, 1.807) is 29.6 Å². The standard InChI is InChI=1S/C25H26N2O2S2/c1-25(2)20-14-17(29-10-12-31-4)6-8-18(20)23(28)22-19-7-5-16(15-26)13-21(19)27(24(22)25)9-11-30-3/h5-8,13-14H,9-12H2,1-4H3. The van der Waals surface area contributed by atoms with Gasteiger partial charge in [-0.1, -0.05) is 19.9 Å². The number of aromatic nitrogens is 1. The minimum atomic E-state index is -0.373. The Bertz CT molecular complexity index is 1200. The third-order valence-corrected chi connectivity index (χ3v) is 7.16. The molecule has 0 saturated carbocycles. The molecule has 4 nitrogen and oxygen atoms in total. The summed E-state index contributed by atoms with van der Waals surface area (Å²) in [5.74, 6) is 2.71. The van der Waals surface area contributed by atoms with Crippen LogP contribution in [-0.4, -0.2) is 41.0 Å². The van der Waals surface area contributed by atoms with Crippen LogP contribution in [-0.2, 0) is 12.0 Å². The van der Waals surface area contributed by atoms with Crippen molar-refractivity contribution in [3.63, 3.8) is 0 Å². The second kappa shape index (κ2) is 8.64. The summed E-state index contributed by atoms with van der Waals surface area (Å²) < 4.78 is 8.19. The van der Waals surface area contributed by atoms with Crippen molar-refractivity contribution in [1.29, 1.82) is 5.26 Å². The average molecular weight is 451 g/mol. The molecular weight excluding hydrogens is 424 g/mol. The molecule has 2 aromatic carbocycles. The summed E-state index contributed by atoms with van der Waals surface area (Å²) in [4.78, 5) is 13.7. The number of rotatable bonds is 7. The molecule has 0 aliphatic heterocycles. The van der Waals surface area contributed by atoms with E-state index in [-0.39, 0.29) is 11.2 Å². The minimum absolute atomic E-state index is 0.0533. The molecular formula is C25H26N2O2S2. The number of hydrogen-bond donors (Lipinski definition) is 0. The zero-order valence-electron chi connectivity index (χ0n) is 18.3. The molecule has 0 radical (unpaired) electrons. The van der Waals surface area contributed by atoms with Crippen LogP contribution in [0.2, 0.25) is 0 Å². The minimum Gasteiger partial charge on any atom is -0.493 e. The molecule has 3 aromatic rings. The van der Waals surface area contributed by atoms with Gasteiger partial charge in [0.05, 0.1) is 29.3 Å². The summed E-state index contributed by atoms with van der Waals surface area (Å²) in [6, 6.07) is 13.7. The van der Waals surface area contributed by atoms with Gasteiger partial charge in [0.1, 0.15) is 5.75 Å². The van der Waals surface area contributed by atoms with Gasteiger partial charge in [-0.25, -0.2) is 0 Å². The van der Waals surface area contributed by atoms with E-state index >= 15 is 0 Å². The van der Waals surface area contributed by atoms with Crippen molar-refractivity contribution < 1.29 is 9.53 Å². The quantitative estimate of drug-likeness (QED) is 0.446. The zero-order valence-corrected chi connectivity index (χ0v) is 20.0. The second-order valence-corrected chi connectivity index (χ2v) is 10.2. The number of benzene rings is 2. The highest BCUT2D eigenvalue weighted by atomic mass is 32.2. The lowest BCUT2D eigenvalue weighted by Crippen LogP contribution is -2.32. The van der Waals surface area contributed by atoms with Crippen molar-refractivity contribution >= 4 is 40.2 Å². The number of ether oxygens (including phenoxy) is 1. The Morgan fingerprint density at radius 3 is 2.58 bits per heavy atom. The van der Waals surface area contributed by atoms with Crippen molar-refractivity contribution in [3.8, 4) is 11.8 Å². The topological polar surface area (TPSA) is 55.0 Å². The van der Waals surface area contributed by atoms with Crippen molar-refractivity contribution in [3.05, 3.63) is 64.3 Å². The number of fused-ring (bicyclic) bond motifs is 4. The molecule has 0 atom stereocenters. The monoisotopic (exact) mass is 450 g/mol. The average Bonchev–Trinajstić information content (AvgIpc) is 3.11. The fraction of sp³-hybridized carbons (Fsp3) is 0.360. The van der Waals surface area contributed by atoms with Crippen LogP contribution in [0.25, 0.3) is 10.9 Å². The summed E-state index contributed by atoms with van der Waals surface area (Å²) in [6.07, 6.45) is 4.15. The van der Waals surface area contributed by atoms with Gasteiger partial charge >= 0.3 is 0 Å². The van der Waals surface area contributed by atoms with Crippen LogP contribution in [0, 0.1) is 11.3 Å². The highest BCUT2D eigenvalue weighted by Crippen LogP contribution is 2.46. The maximum atomic E-state index is 13.7. The Balaban J connectivity index is 1.93. The largest absolute Gasteiger partial charge is 0.493 e. The van der Waals surface area contributed by atoms with Crippen LogP contribution in [0.1, 0.15) is 46.6 Å². The molecule has 1 aliphatic rings. The van der Waals surface area contributed by atoms with Crippen LogP contribution in [0.15, 0.2) is 36.4 Å². The first-order valence-electron chi connectivity index (χ1n) is 10.3. The van der Waals surface area contributed by atoms with E-state index in [0.29, 0.717) is 12.2 Å². The highest BCUT2D eigenvalue weighted by Gasteiger charge is 2.41. The van der Waals surface area contributed by atoms with Crippen molar-refractivity contribution in [2.24, 2.45) is 0 Å². The second-order valence-electron chi connectivity index (χ2n) is 8.21. The normalized spacial score (nSPS) is 14.2. The van der Waals surface area contributed by atoms with E-state index in [4.69, 9.17) is 4.74 Å². The van der Waals surface area contributed by atoms with Crippen molar-refractivity contribution in [2.75, 3.05) is 30.6 Å². The number of thioether (sulfide) groups is 2. The van der Waals surface area contributed by atoms with Gasteiger partial charge < -0.3 is 9.30 Å². The molecule has 0 N–H and O–H groups in total. The Kier molecular flexibility index (Phi) is 6.09. The Morgan fingerprint density at radius 2 is 1.87 bits per heavy atom. The molecule has 31 heavy (non-hydrogen) atoms. The number of ketones is 1. The van der Waals surface area contributed by atoms with E-state index in [0.717, 1.165) is 57.1 Å². The SMILES string of the molecule is CSCCOc1ccc2c(c1)C(C)(C)c1c(c3ccc(C#N)cc3n1CCSC)C2=O. The van der Waals surface area contributed by atoms with E-state index in [1.165, 1.54) is 0 Å². The van der Waals surface area contributed by atoms with Crippen molar-refractivity contribution in [1.82, 2.24) is 4.57 Å². The van der Waals surface area contributed by atoms with E-state index in [9.17, 15) is 10.1 Å². The first kappa shape index (κ1) is 21.9. The van der Waals surface area contributed by atoms with Gasteiger partial charge in [-0.3, -0.25) is 4.79 Å². The van der Waals surface area contributed by atoms with Crippen molar-refractivity contribution in [2.45, 2.75) is 25.8 Å². The summed E-state index contributed by atoms with van der Waals surface area (Å²) in [7, 11) is 0. The summed E-state index contributed by atoms with van der Waals surface area (Å²) >= 11 is 3.52. The summed E-state index contributed by atoms with van der Waals surface area (Å²) in [5, 5.41) is 10.4. The number of nitriles is 1. The first-order chi connectivity index (χ1) is 14.9. The predicted molar refractivity (Wildman–Crippen MR) is 131 cm³/mol. The molecule has 1 aliphatic carbocycles. The van der Waals surface area contributed by atoms with Crippen LogP contribution in [0.5, 0.6) is 5.75 Å². The van der Waals surface area contributed by atoms with Crippen LogP contribution in [0.4, 0.5) is 0 Å². The Hall–Kier alpha value is -2.36. The Morgan fingerprint density at radius 1 is 1.10 bits per heavy atom. The Labute approximate surface area is 192 Å². The van der Waals surface area contributed by atoms with E-state index in [2.05, 4.69) is 37.0 Å². The molecule has 0 fully saturated rings. The number of carbonyl (C=O) groups excluding carboxylic acids is 1. The number of carbonyl (C=O) groups is 1. The lowest BCUT2D eigenvalue weighted by Gasteiger charge is -2.34. The maximum absolute atomic E-state index is 13.7. The summed E-state index contributed by atoms with van der Waals surface area (Å²) in [5.41, 5.74) is 4.74. The summed E-state index contributed by atoms with van der Waals surface area (Å²) in [6.45, 7) is 5.80. The van der Waals surface area contributed by atoms with Gasteiger partial charge in [0.2, 0.25) is 0 Å². The fourth-order valence-corrected chi connectivity index (χ4v) is 5.16. The lowest BCUT2D eigenvalue weighted by molar-refractivity contribution is 0.103. The van der Waals surface area contributed by atoms with Crippen LogP contribution >= 0.6 is 23.5 Å². The smallest absolute Gasteiger partial charge is 0.195 e. The van der Waals surface area contributed by atoms with Gasteiger partial charge in [0.25, 0.3) is 0 Å². The maximum Gasteiger partial charge on any atom is 0.195 e. The molecule has 0 bridgehead atoms. The third kappa shape index (κ3) is 3.64. The molecule has 1 heterocycles. The molecule has 0 spiro atoms. The molecule has 1 aromatic heterocycles. The fourth-order valence-electron chi connectivity index (χ4n) is 4.55. The van der Waals surface area contributed by atoms with Gasteiger partial charge in [0.15, 0.2) is 5.78 Å². The molecule has 160 valence electrons. The van der Waals surface area contributed by atoms with Crippen LogP contribution < -0.4 is 4.74 Å². The van der Waals surface area contributed by atoms with Gasteiger partial charge in [-0.05, 0) is 48.4 Å². The van der Waals surface area contributed by atoms with Gasteiger partial charge in [0, 0.05) is 40.1 Å². The molecule has 4 rings (SSSR count). The predicted octanol–water partition coefficient (Wildman–Crippen LogP) is 5.49. The number of hydrogen-bond acceptors (Lipinski definition) is 5. The zero-order chi connectivity index (χ0) is 22.2.